The van der Waals surface area contributed by atoms with Crippen molar-refractivity contribution in [3.05, 3.63) is 48.5 Å². The largest absolute Gasteiger partial charge is 0.491 e. The van der Waals surface area contributed by atoms with Crippen LogP contribution in [0.3, 0.4) is 0 Å². The molecule has 0 saturated heterocycles. The lowest BCUT2D eigenvalue weighted by molar-refractivity contribution is 0.0986. The topological polar surface area (TPSA) is 58.9 Å². The Morgan fingerprint density at radius 2 is 1.23 bits per heavy atom. The number of aliphatic hydroxyl groups excluding tert-OH is 2. The van der Waals surface area contributed by atoms with E-state index in [1.165, 1.54) is 10.4 Å². The van der Waals surface area contributed by atoms with Gasteiger partial charge in [-0.05, 0) is 24.3 Å². The zero-order valence-corrected chi connectivity index (χ0v) is 14.0. The molecule has 0 aliphatic carbocycles. The molecule has 2 rings (SSSR count). The van der Waals surface area contributed by atoms with E-state index in [9.17, 15) is 0 Å². The summed E-state index contributed by atoms with van der Waals surface area (Å²) in [7, 11) is -1.78. The van der Waals surface area contributed by atoms with Gasteiger partial charge in [0.05, 0.1) is 6.61 Å². The maximum atomic E-state index is 8.78. The second-order valence-corrected chi connectivity index (χ2v) is 9.92. The van der Waals surface area contributed by atoms with Gasteiger partial charge in [-0.1, -0.05) is 47.7 Å². The first-order valence-electron chi connectivity index (χ1n) is 7.26. The lowest BCUT2D eigenvalue weighted by atomic mass is 10.3. The summed E-state index contributed by atoms with van der Waals surface area (Å²) in [4.78, 5) is 0. The number of aliphatic hydroxyl groups is 2. The molecule has 0 amide bonds. The lowest BCUT2D eigenvalue weighted by Crippen LogP contribution is -2.52. The van der Waals surface area contributed by atoms with Crippen LogP contribution in [-0.4, -0.2) is 38.3 Å². The molecule has 0 aliphatic heterocycles. The average Bonchev–Trinajstić information content (AvgIpc) is 2.54. The summed E-state index contributed by atoms with van der Waals surface area (Å²) in [5.41, 5.74) is 0. The van der Waals surface area contributed by atoms with E-state index in [4.69, 9.17) is 19.7 Å². The SMILES string of the molecule is C[Si](C)(c1ccc(OCO)cc1)c1ccc(OCCO)cc1. The van der Waals surface area contributed by atoms with Crippen molar-refractivity contribution in [2.24, 2.45) is 0 Å². The lowest BCUT2D eigenvalue weighted by Gasteiger charge is -2.24. The molecule has 0 unspecified atom stereocenters. The van der Waals surface area contributed by atoms with Crippen LogP contribution in [0.25, 0.3) is 0 Å². The van der Waals surface area contributed by atoms with Crippen LogP contribution in [0, 0.1) is 0 Å². The Hall–Kier alpha value is -1.82. The van der Waals surface area contributed by atoms with E-state index in [1.54, 1.807) is 0 Å². The van der Waals surface area contributed by atoms with Gasteiger partial charge in [0.1, 0.15) is 26.2 Å². The molecule has 0 saturated carbocycles. The van der Waals surface area contributed by atoms with Crippen LogP contribution >= 0.6 is 0 Å². The molecule has 2 aromatic rings. The van der Waals surface area contributed by atoms with Gasteiger partial charge >= 0.3 is 0 Å². The first-order valence-corrected chi connectivity index (χ1v) is 10.3. The molecule has 22 heavy (non-hydrogen) atoms. The van der Waals surface area contributed by atoms with E-state index >= 15 is 0 Å². The Kier molecular flexibility index (Phi) is 5.60. The predicted molar refractivity (Wildman–Crippen MR) is 89.9 cm³/mol. The standard InChI is InChI=1S/C17H22O4Si/c1-22(2,17-9-5-15(6-10-17)21-13-19)16-7-3-14(4-8-16)20-12-11-18/h3-10,18-19H,11-13H2,1-2H3. The number of benzene rings is 2. The molecule has 0 fully saturated rings. The molecule has 118 valence electrons. The molecule has 5 heteroatoms. The van der Waals surface area contributed by atoms with Crippen molar-refractivity contribution in [3.8, 4) is 11.5 Å². The minimum absolute atomic E-state index is 0.0181. The molecule has 0 heterocycles. The van der Waals surface area contributed by atoms with Crippen LogP contribution in [0.4, 0.5) is 0 Å². The normalized spacial score (nSPS) is 11.3. The molecule has 2 aromatic carbocycles. The van der Waals surface area contributed by atoms with Crippen molar-refractivity contribution in [3.63, 3.8) is 0 Å². The summed E-state index contributed by atoms with van der Waals surface area (Å²) in [5.74, 6) is 1.44. The Labute approximate surface area is 132 Å². The van der Waals surface area contributed by atoms with Gasteiger partial charge in [0.2, 0.25) is 0 Å². The van der Waals surface area contributed by atoms with Crippen molar-refractivity contribution < 1.29 is 19.7 Å². The molecule has 0 atom stereocenters. The van der Waals surface area contributed by atoms with Crippen LogP contribution in [0.15, 0.2) is 48.5 Å². The summed E-state index contributed by atoms with van der Waals surface area (Å²) in [6.45, 7) is 4.60. The molecular formula is C17H22O4Si. The zero-order valence-electron chi connectivity index (χ0n) is 13.0. The fraction of sp³-hybridized carbons (Fsp3) is 0.294. The monoisotopic (exact) mass is 318 g/mol. The van der Waals surface area contributed by atoms with Crippen LogP contribution < -0.4 is 19.8 Å². The molecule has 0 bridgehead atoms. The molecule has 0 aliphatic rings. The van der Waals surface area contributed by atoms with E-state index in [2.05, 4.69) is 37.4 Å². The van der Waals surface area contributed by atoms with Gasteiger partial charge in [-0.15, -0.1) is 0 Å². The minimum Gasteiger partial charge on any atom is -0.491 e. The highest BCUT2D eigenvalue weighted by Gasteiger charge is 2.25. The Bertz CT molecular complexity index is 579. The van der Waals surface area contributed by atoms with Gasteiger partial charge in [-0.3, -0.25) is 0 Å². The third-order valence-electron chi connectivity index (χ3n) is 3.74. The minimum atomic E-state index is -1.78. The molecule has 0 spiro atoms. The number of hydrogen-bond donors (Lipinski definition) is 2. The van der Waals surface area contributed by atoms with Crippen molar-refractivity contribution >= 4 is 18.4 Å². The van der Waals surface area contributed by atoms with E-state index in [0.717, 1.165) is 5.75 Å². The van der Waals surface area contributed by atoms with Gasteiger partial charge < -0.3 is 19.7 Å². The summed E-state index contributed by atoms with van der Waals surface area (Å²) in [6, 6.07) is 16.0. The second-order valence-electron chi connectivity index (χ2n) is 5.52. The van der Waals surface area contributed by atoms with Crippen molar-refractivity contribution in [1.29, 1.82) is 0 Å². The van der Waals surface area contributed by atoms with Crippen LogP contribution in [-0.2, 0) is 0 Å². The Morgan fingerprint density at radius 3 is 1.64 bits per heavy atom. The third-order valence-corrected chi connectivity index (χ3v) is 7.30. The summed E-state index contributed by atoms with van der Waals surface area (Å²) < 4.78 is 10.5. The molecule has 2 N–H and O–H groups in total. The predicted octanol–water partition coefficient (Wildman–Crippen LogP) is 1.21. The first kappa shape index (κ1) is 16.5. The number of hydrogen-bond acceptors (Lipinski definition) is 4. The van der Waals surface area contributed by atoms with Gasteiger partial charge in [0.15, 0.2) is 6.79 Å². The van der Waals surface area contributed by atoms with Crippen LogP contribution in [0.1, 0.15) is 0 Å². The van der Waals surface area contributed by atoms with Crippen LogP contribution in [0.2, 0.25) is 13.1 Å². The maximum Gasteiger partial charge on any atom is 0.186 e. The molecular weight excluding hydrogens is 296 g/mol. The molecule has 4 nitrogen and oxygen atoms in total. The fourth-order valence-electron chi connectivity index (χ4n) is 2.34. The Balaban J connectivity index is 2.17. The maximum absolute atomic E-state index is 8.78. The van der Waals surface area contributed by atoms with Crippen molar-refractivity contribution in [2.75, 3.05) is 20.0 Å². The van der Waals surface area contributed by atoms with E-state index in [-0.39, 0.29) is 13.4 Å². The number of ether oxygens (including phenoxy) is 2. The van der Waals surface area contributed by atoms with E-state index in [0.29, 0.717) is 12.4 Å². The van der Waals surface area contributed by atoms with E-state index in [1.807, 2.05) is 24.3 Å². The summed E-state index contributed by atoms with van der Waals surface area (Å²) in [6.07, 6.45) is 0. The molecule has 0 aromatic heterocycles. The second kappa shape index (κ2) is 7.44. The highest BCUT2D eigenvalue weighted by molar-refractivity contribution is 7.00. The summed E-state index contributed by atoms with van der Waals surface area (Å²) in [5, 5.41) is 20.1. The third kappa shape index (κ3) is 3.88. The average molecular weight is 318 g/mol. The number of rotatable bonds is 7. The fourth-order valence-corrected chi connectivity index (χ4v) is 4.67. The zero-order chi connectivity index (χ0) is 16.0. The van der Waals surface area contributed by atoms with Gasteiger partial charge in [-0.25, -0.2) is 0 Å². The first-order chi connectivity index (χ1) is 10.6. The Morgan fingerprint density at radius 1 is 0.773 bits per heavy atom. The van der Waals surface area contributed by atoms with Gasteiger partial charge in [-0.2, -0.15) is 0 Å². The highest BCUT2D eigenvalue weighted by Crippen LogP contribution is 2.13. The highest BCUT2D eigenvalue weighted by atomic mass is 28.3. The van der Waals surface area contributed by atoms with Crippen molar-refractivity contribution in [1.82, 2.24) is 0 Å². The van der Waals surface area contributed by atoms with Gasteiger partial charge in [0.25, 0.3) is 0 Å². The van der Waals surface area contributed by atoms with E-state index < -0.39 is 8.07 Å². The quantitative estimate of drug-likeness (QED) is 0.595. The summed E-state index contributed by atoms with van der Waals surface area (Å²) >= 11 is 0. The van der Waals surface area contributed by atoms with Crippen LogP contribution in [0.5, 0.6) is 11.5 Å². The molecule has 0 radical (unpaired) electrons. The van der Waals surface area contributed by atoms with Gasteiger partial charge in [0, 0.05) is 0 Å². The van der Waals surface area contributed by atoms with Crippen molar-refractivity contribution in [2.45, 2.75) is 13.1 Å². The smallest absolute Gasteiger partial charge is 0.186 e.